The maximum absolute atomic E-state index is 14.8. The minimum Gasteiger partial charge on any atom is -0.207 e. The molecule has 0 heterocycles. The van der Waals surface area contributed by atoms with Crippen LogP contribution in [0, 0.1) is 12.7 Å². The summed E-state index contributed by atoms with van der Waals surface area (Å²) in [5.74, 6) is -0.229. The summed E-state index contributed by atoms with van der Waals surface area (Å²) in [5, 5.41) is 9.33. The van der Waals surface area contributed by atoms with Crippen molar-refractivity contribution in [2.24, 2.45) is 0 Å². The van der Waals surface area contributed by atoms with E-state index in [1.807, 2.05) is 12.1 Å². The molecule has 0 amide bonds. The number of hydrogen-bond acceptors (Lipinski definition) is 0. The number of fused-ring (bicyclic) bond motifs is 4. The molecule has 9 rings (SSSR count). The number of benzene rings is 9. The van der Waals surface area contributed by atoms with Crippen molar-refractivity contribution in [2.45, 2.75) is 6.92 Å². The van der Waals surface area contributed by atoms with E-state index in [2.05, 4.69) is 153 Å². The molecule has 0 aromatic heterocycles. The first-order valence-electron chi connectivity index (χ1n) is 16.5. The first-order chi connectivity index (χ1) is 23.6. The molecule has 0 aliphatic rings. The van der Waals surface area contributed by atoms with Gasteiger partial charge >= 0.3 is 0 Å². The predicted octanol–water partition coefficient (Wildman–Crippen LogP) is 13.4. The average molecular weight is 615 g/mol. The molecule has 0 radical (unpaired) electrons. The van der Waals surface area contributed by atoms with Crippen LogP contribution in [0.15, 0.2) is 170 Å². The van der Waals surface area contributed by atoms with Crippen molar-refractivity contribution in [2.75, 3.05) is 0 Å². The van der Waals surface area contributed by atoms with Gasteiger partial charge in [0.05, 0.1) is 0 Å². The van der Waals surface area contributed by atoms with Crippen molar-refractivity contribution >= 4 is 43.1 Å². The van der Waals surface area contributed by atoms with Gasteiger partial charge in [0.15, 0.2) is 0 Å². The Morgan fingerprint density at radius 2 is 0.833 bits per heavy atom. The van der Waals surface area contributed by atoms with Crippen molar-refractivity contribution in [1.82, 2.24) is 0 Å². The molecule has 0 N–H and O–H groups in total. The van der Waals surface area contributed by atoms with E-state index in [1.165, 1.54) is 49.0 Å². The first kappa shape index (κ1) is 28.2. The van der Waals surface area contributed by atoms with Gasteiger partial charge in [-0.15, -0.1) is 0 Å². The highest BCUT2D eigenvalue weighted by molar-refractivity contribution is 6.22. The summed E-state index contributed by atoms with van der Waals surface area (Å²) in [6.07, 6.45) is 0. The van der Waals surface area contributed by atoms with E-state index in [-0.39, 0.29) is 5.82 Å². The van der Waals surface area contributed by atoms with Crippen LogP contribution in [0.1, 0.15) is 5.56 Å². The largest absolute Gasteiger partial charge is 0.207 e. The first-order valence-corrected chi connectivity index (χ1v) is 16.5. The van der Waals surface area contributed by atoms with Crippen molar-refractivity contribution in [1.29, 1.82) is 0 Å². The van der Waals surface area contributed by atoms with Crippen molar-refractivity contribution in [3.8, 4) is 44.5 Å². The second-order valence-electron chi connectivity index (χ2n) is 12.7. The standard InChI is InChI=1S/C47H31F/c1-30-26-34-24-25-38(48)29-43(34)47(32-13-3-2-4-14-32)44(30)35-16-11-17-36(28-35)45-39-18-7-9-20-41(39)46(42-21-10-8-19-40(42)45)37-23-22-31-12-5-6-15-33(31)27-37/h2-29H,1H3. The highest BCUT2D eigenvalue weighted by atomic mass is 19.1. The summed E-state index contributed by atoms with van der Waals surface area (Å²) in [5.41, 5.74) is 10.4. The molecule has 0 nitrogen and oxygen atoms in total. The molecule has 0 saturated carbocycles. The third-order valence-electron chi connectivity index (χ3n) is 9.77. The molecular weight excluding hydrogens is 584 g/mol. The molecular formula is C47H31F. The highest BCUT2D eigenvalue weighted by Crippen LogP contribution is 2.46. The van der Waals surface area contributed by atoms with Gasteiger partial charge in [-0.3, -0.25) is 0 Å². The van der Waals surface area contributed by atoms with E-state index in [1.54, 1.807) is 12.1 Å². The third-order valence-corrected chi connectivity index (χ3v) is 9.77. The highest BCUT2D eigenvalue weighted by Gasteiger charge is 2.19. The zero-order valence-electron chi connectivity index (χ0n) is 26.5. The lowest BCUT2D eigenvalue weighted by Crippen LogP contribution is -1.94. The quantitative estimate of drug-likeness (QED) is 0.173. The smallest absolute Gasteiger partial charge is 0.123 e. The van der Waals surface area contributed by atoms with Gasteiger partial charge < -0.3 is 0 Å². The molecule has 0 bridgehead atoms. The van der Waals surface area contributed by atoms with E-state index >= 15 is 0 Å². The summed E-state index contributed by atoms with van der Waals surface area (Å²) >= 11 is 0. The fourth-order valence-electron chi connectivity index (χ4n) is 7.71. The second kappa shape index (κ2) is 11.3. The van der Waals surface area contributed by atoms with Crippen LogP contribution in [0.5, 0.6) is 0 Å². The Morgan fingerprint density at radius 3 is 1.50 bits per heavy atom. The van der Waals surface area contributed by atoms with E-state index in [9.17, 15) is 4.39 Å². The number of aryl methyl sites for hydroxylation is 1. The van der Waals surface area contributed by atoms with Gasteiger partial charge in [0, 0.05) is 0 Å². The summed E-state index contributed by atoms with van der Waals surface area (Å²) in [7, 11) is 0. The number of rotatable bonds is 4. The normalized spacial score (nSPS) is 11.5. The van der Waals surface area contributed by atoms with Gasteiger partial charge in [0.2, 0.25) is 0 Å². The second-order valence-corrected chi connectivity index (χ2v) is 12.7. The molecule has 0 saturated heterocycles. The van der Waals surface area contributed by atoms with Gasteiger partial charge in [0.1, 0.15) is 5.82 Å². The lowest BCUT2D eigenvalue weighted by Gasteiger charge is -2.20. The molecule has 48 heavy (non-hydrogen) atoms. The number of hydrogen-bond donors (Lipinski definition) is 0. The fourth-order valence-corrected chi connectivity index (χ4v) is 7.71. The van der Waals surface area contributed by atoms with Gasteiger partial charge in [-0.25, -0.2) is 4.39 Å². The van der Waals surface area contributed by atoms with Crippen molar-refractivity contribution < 1.29 is 4.39 Å². The lowest BCUT2D eigenvalue weighted by molar-refractivity contribution is 0.630. The number of halogens is 1. The van der Waals surface area contributed by atoms with E-state index < -0.39 is 0 Å². The van der Waals surface area contributed by atoms with Gasteiger partial charge in [-0.2, -0.15) is 0 Å². The van der Waals surface area contributed by atoms with Gasteiger partial charge in [-0.05, 0) is 124 Å². The minimum atomic E-state index is -0.229. The molecule has 0 aliphatic carbocycles. The Morgan fingerprint density at radius 1 is 0.312 bits per heavy atom. The summed E-state index contributed by atoms with van der Waals surface area (Å²) in [6.45, 7) is 2.17. The average Bonchev–Trinajstić information content (AvgIpc) is 3.13. The maximum atomic E-state index is 14.8. The third kappa shape index (κ3) is 4.59. The molecule has 0 unspecified atom stereocenters. The molecule has 9 aromatic rings. The molecule has 1 heteroatoms. The van der Waals surface area contributed by atoms with Crippen LogP contribution in [0.2, 0.25) is 0 Å². The Labute approximate surface area is 279 Å². The monoisotopic (exact) mass is 614 g/mol. The topological polar surface area (TPSA) is 0 Å². The molecule has 0 atom stereocenters. The van der Waals surface area contributed by atoms with Gasteiger partial charge in [-0.1, -0.05) is 146 Å². The van der Waals surface area contributed by atoms with Crippen molar-refractivity contribution in [3.05, 3.63) is 181 Å². The van der Waals surface area contributed by atoms with Crippen LogP contribution >= 0.6 is 0 Å². The van der Waals surface area contributed by atoms with Crippen LogP contribution < -0.4 is 0 Å². The Balaban J connectivity index is 1.33. The Hall–Kier alpha value is -6.05. The summed E-state index contributed by atoms with van der Waals surface area (Å²) < 4.78 is 14.8. The molecule has 0 fully saturated rings. The van der Waals surface area contributed by atoms with Gasteiger partial charge in [0.25, 0.3) is 0 Å². The summed E-state index contributed by atoms with van der Waals surface area (Å²) in [6, 6.07) is 59.6. The van der Waals surface area contributed by atoms with Crippen molar-refractivity contribution in [3.63, 3.8) is 0 Å². The van der Waals surface area contributed by atoms with E-state index in [4.69, 9.17) is 0 Å². The van der Waals surface area contributed by atoms with E-state index in [0.717, 1.165) is 44.2 Å². The predicted molar refractivity (Wildman–Crippen MR) is 203 cm³/mol. The zero-order chi connectivity index (χ0) is 32.2. The summed E-state index contributed by atoms with van der Waals surface area (Å²) in [4.78, 5) is 0. The Kier molecular flexibility index (Phi) is 6.66. The van der Waals surface area contributed by atoms with Crippen LogP contribution in [0.3, 0.4) is 0 Å². The van der Waals surface area contributed by atoms with Crippen LogP contribution in [0.4, 0.5) is 4.39 Å². The van der Waals surface area contributed by atoms with Crippen LogP contribution in [0.25, 0.3) is 87.6 Å². The maximum Gasteiger partial charge on any atom is 0.123 e. The van der Waals surface area contributed by atoms with Crippen LogP contribution in [-0.4, -0.2) is 0 Å². The molecule has 226 valence electrons. The molecule has 0 aliphatic heterocycles. The molecule has 0 spiro atoms. The SMILES string of the molecule is Cc1cc2ccc(F)cc2c(-c2ccccc2)c1-c1cccc(-c2c3ccccc3c(-c3ccc4ccccc4c3)c3ccccc23)c1. The Bertz CT molecular complexity index is 2630. The van der Waals surface area contributed by atoms with Crippen LogP contribution in [-0.2, 0) is 0 Å². The molecule has 9 aromatic carbocycles. The van der Waals surface area contributed by atoms with E-state index in [0.29, 0.717) is 0 Å². The lowest BCUT2D eigenvalue weighted by atomic mass is 9.83. The zero-order valence-corrected chi connectivity index (χ0v) is 26.5. The fraction of sp³-hybridized carbons (Fsp3) is 0.0213. The minimum absolute atomic E-state index is 0.229.